The van der Waals surface area contributed by atoms with Crippen LogP contribution in [0.4, 0.5) is 0 Å². The zero-order chi connectivity index (χ0) is 12.6. The van der Waals surface area contributed by atoms with Crippen LogP contribution in [0.3, 0.4) is 0 Å². The highest BCUT2D eigenvalue weighted by Gasteiger charge is 2.40. The normalized spacial score (nSPS) is 39.1. The van der Waals surface area contributed by atoms with Crippen LogP contribution in [0.25, 0.3) is 0 Å². The topological polar surface area (TPSA) is 66.5 Å². The Morgan fingerprint density at radius 1 is 1.24 bits per heavy atom. The summed E-state index contributed by atoms with van der Waals surface area (Å²) in [7, 11) is -0.744. The Bertz CT molecular complexity index is 362. The SMILES string of the molecule is CC1NC(=O)C(C)N(C2CCS(=O)CC2)C1=O. The summed E-state index contributed by atoms with van der Waals surface area (Å²) < 4.78 is 11.3. The molecule has 2 aliphatic rings. The summed E-state index contributed by atoms with van der Waals surface area (Å²) in [5.41, 5.74) is 0. The first-order valence-corrected chi connectivity index (χ1v) is 7.47. The van der Waals surface area contributed by atoms with E-state index in [4.69, 9.17) is 0 Å². The van der Waals surface area contributed by atoms with Gasteiger partial charge in [0.15, 0.2) is 0 Å². The summed E-state index contributed by atoms with van der Waals surface area (Å²) in [4.78, 5) is 25.5. The van der Waals surface area contributed by atoms with E-state index in [1.165, 1.54) is 0 Å². The van der Waals surface area contributed by atoms with E-state index >= 15 is 0 Å². The molecule has 2 amide bonds. The summed E-state index contributed by atoms with van der Waals surface area (Å²) >= 11 is 0. The van der Waals surface area contributed by atoms with Gasteiger partial charge in [0, 0.05) is 28.3 Å². The molecule has 0 spiro atoms. The van der Waals surface area contributed by atoms with Crippen LogP contribution in [0.5, 0.6) is 0 Å². The van der Waals surface area contributed by atoms with E-state index in [-0.39, 0.29) is 17.9 Å². The largest absolute Gasteiger partial charge is 0.343 e. The van der Waals surface area contributed by atoms with Gasteiger partial charge in [0.2, 0.25) is 11.8 Å². The predicted octanol–water partition coefficient (Wildman–Crippen LogP) is -0.367. The van der Waals surface area contributed by atoms with E-state index in [9.17, 15) is 13.8 Å². The highest BCUT2D eigenvalue weighted by molar-refractivity contribution is 7.85. The summed E-state index contributed by atoms with van der Waals surface area (Å²) in [6.07, 6.45) is 1.48. The molecule has 2 saturated heterocycles. The molecule has 2 heterocycles. The Morgan fingerprint density at radius 2 is 1.82 bits per heavy atom. The molecule has 96 valence electrons. The lowest BCUT2D eigenvalue weighted by Gasteiger charge is -2.42. The van der Waals surface area contributed by atoms with Crippen LogP contribution >= 0.6 is 0 Å². The monoisotopic (exact) mass is 258 g/mol. The maximum absolute atomic E-state index is 12.1. The van der Waals surface area contributed by atoms with Gasteiger partial charge >= 0.3 is 0 Å². The molecule has 0 saturated carbocycles. The van der Waals surface area contributed by atoms with Crippen molar-refractivity contribution in [2.24, 2.45) is 0 Å². The fraction of sp³-hybridized carbons (Fsp3) is 0.818. The molecule has 5 nitrogen and oxygen atoms in total. The average Bonchev–Trinajstić information content (AvgIpc) is 2.29. The van der Waals surface area contributed by atoms with E-state index in [0.29, 0.717) is 11.5 Å². The van der Waals surface area contributed by atoms with Crippen molar-refractivity contribution in [1.82, 2.24) is 10.2 Å². The highest BCUT2D eigenvalue weighted by atomic mass is 32.2. The third-order valence-electron chi connectivity index (χ3n) is 3.53. The fourth-order valence-corrected chi connectivity index (χ4v) is 3.77. The van der Waals surface area contributed by atoms with Gasteiger partial charge in [-0.15, -0.1) is 0 Å². The number of amides is 2. The predicted molar refractivity (Wildman–Crippen MR) is 64.8 cm³/mol. The van der Waals surface area contributed by atoms with Gasteiger partial charge in [0.05, 0.1) is 0 Å². The standard InChI is InChI=1S/C11H18N2O3S/c1-7-11(15)13(8(2)10(14)12-7)9-3-5-17(16)6-4-9/h7-9H,3-6H2,1-2H3,(H,12,14). The van der Waals surface area contributed by atoms with Crippen molar-refractivity contribution in [2.75, 3.05) is 11.5 Å². The van der Waals surface area contributed by atoms with Crippen LogP contribution in [0.15, 0.2) is 0 Å². The van der Waals surface area contributed by atoms with Crippen molar-refractivity contribution in [3.63, 3.8) is 0 Å². The second-order valence-corrected chi connectivity index (χ2v) is 6.43. The molecular formula is C11H18N2O3S. The molecule has 2 fully saturated rings. The van der Waals surface area contributed by atoms with Gasteiger partial charge in [-0.1, -0.05) is 0 Å². The molecule has 6 heteroatoms. The number of nitrogens with one attached hydrogen (secondary N) is 1. The Morgan fingerprint density at radius 3 is 2.41 bits per heavy atom. The van der Waals surface area contributed by atoms with E-state index in [1.807, 2.05) is 0 Å². The van der Waals surface area contributed by atoms with E-state index in [0.717, 1.165) is 12.8 Å². The van der Waals surface area contributed by atoms with E-state index < -0.39 is 22.9 Å². The maximum atomic E-state index is 12.1. The molecule has 2 aliphatic heterocycles. The minimum Gasteiger partial charge on any atom is -0.343 e. The zero-order valence-corrected chi connectivity index (χ0v) is 11.0. The van der Waals surface area contributed by atoms with Crippen molar-refractivity contribution in [3.8, 4) is 0 Å². The number of rotatable bonds is 1. The summed E-state index contributed by atoms with van der Waals surface area (Å²) in [6.45, 7) is 3.46. The lowest BCUT2D eigenvalue weighted by Crippen LogP contribution is -2.64. The van der Waals surface area contributed by atoms with Crippen LogP contribution < -0.4 is 5.32 Å². The molecule has 0 aromatic carbocycles. The molecular weight excluding hydrogens is 240 g/mol. The molecule has 2 unspecified atom stereocenters. The first kappa shape index (κ1) is 12.5. The molecule has 1 N–H and O–H groups in total. The smallest absolute Gasteiger partial charge is 0.245 e. The van der Waals surface area contributed by atoms with Crippen molar-refractivity contribution in [1.29, 1.82) is 0 Å². The summed E-state index contributed by atoms with van der Waals surface area (Å²) in [5, 5.41) is 2.67. The fourth-order valence-electron chi connectivity index (χ4n) is 2.49. The van der Waals surface area contributed by atoms with Gasteiger partial charge < -0.3 is 10.2 Å². The lowest BCUT2D eigenvalue weighted by atomic mass is 10.0. The average molecular weight is 258 g/mol. The van der Waals surface area contributed by atoms with Gasteiger partial charge in [-0.2, -0.15) is 0 Å². The Kier molecular flexibility index (Phi) is 3.51. The summed E-state index contributed by atoms with van der Waals surface area (Å²) in [5.74, 6) is 1.16. The quantitative estimate of drug-likeness (QED) is 0.698. The lowest BCUT2D eigenvalue weighted by molar-refractivity contribution is -0.151. The summed E-state index contributed by atoms with van der Waals surface area (Å²) in [6, 6.07) is -0.773. The van der Waals surface area contributed by atoms with Crippen LogP contribution in [0, 0.1) is 0 Å². The second kappa shape index (κ2) is 4.76. The Labute approximate surface area is 103 Å². The minimum atomic E-state index is -0.744. The zero-order valence-electron chi connectivity index (χ0n) is 10.1. The Hall–Kier alpha value is -0.910. The molecule has 0 aliphatic carbocycles. The van der Waals surface area contributed by atoms with Gasteiger partial charge in [-0.25, -0.2) is 0 Å². The number of hydrogen-bond acceptors (Lipinski definition) is 3. The van der Waals surface area contributed by atoms with E-state index in [2.05, 4.69) is 5.32 Å². The van der Waals surface area contributed by atoms with Gasteiger partial charge in [-0.3, -0.25) is 13.8 Å². The molecule has 2 atom stereocenters. The number of carbonyl (C=O) groups excluding carboxylic acids is 2. The highest BCUT2D eigenvalue weighted by Crippen LogP contribution is 2.22. The van der Waals surface area contributed by atoms with Crippen LogP contribution in [0.2, 0.25) is 0 Å². The van der Waals surface area contributed by atoms with Crippen molar-refractivity contribution in [2.45, 2.75) is 44.8 Å². The number of nitrogens with zero attached hydrogens (tertiary/aromatic N) is 1. The van der Waals surface area contributed by atoms with Crippen LogP contribution in [-0.4, -0.2) is 50.6 Å². The second-order valence-electron chi connectivity index (χ2n) is 4.73. The first-order chi connectivity index (χ1) is 8.00. The molecule has 2 rings (SSSR count). The van der Waals surface area contributed by atoms with Crippen molar-refractivity contribution < 1.29 is 13.8 Å². The molecule has 0 radical (unpaired) electrons. The van der Waals surface area contributed by atoms with Crippen molar-refractivity contribution >= 4 is 22.6 Å². The maximum Gasteiger partial charge on any atom is 0.245 e. The number of piperazine rings is 1. The number of carbonyl (C=O) groups is 2. The first-order valence-electron chi connectivity index (χ1n) is 5.98. The van der Waals surface area contributed by atoms with Gasteiger partial charge in [0.1, 0.15) is 12.1 Å². The van der Waals surface area contributed by atoms with Crippen molar-refractivity contribution in [3.05, 3.63) is 0 Å². The van der Waals surface area contributed by atoms with Crippen LogP contribution in [-0.2, 0) is 20.4 Å². The molecule has 0 aromatic heterocycles. The number of hydrogen-bond donors (Lipinski definition) is 1. The van der Waals surface area contributed by atoms with Gasteiger partial charge in [0.25, 0.3) is 0 Å². The molecule has 17 heavy (non-hydrogen) atoms. The minimum absolute atomic E-state index is 0.0187. The van der Waals surface area contributed by atoms with Crippen LogP contribution in [0.1, 0.15) is 26.7 Å². The van der Waals surface area contributed by atoms with E-state index in [1.54, 1.807) is 18.7 Å². The third-order valence-corrected chi connectivity index (χ3v) is 4.91. The van der Waals surface area contributed by atoms with Gasteiger partial charge in [-0.05, 0) is 26.7 Å². The Balaban J connectivity index is 2.14. The third kappa shape index (κ3) is 2.36. The molecule has 0 bridgehead atoms. The molecule has 0 aromatic rings.